The maximum Gasteiger partial charge on any atom is 1.00 e. The Hall–Kier alpha value is 3.91. The van der Waals surface area contributed by atoms with Gasteiger partial charge in [0, 0.05) is 24.8 Å². The molecule has 0 radical (unpaired) electrons. The normalized spacial score (nSPS) is 6.75. The molecule has 0 amide bonds. The summed E-state index contributed by atoms with van der Waals surface area (Å²) >= 11 is 0. The van der Waals surface area contributed by atoms with Gasteiger partial charge in [0.15, 0.2) is 0 Å². The Morgan fingerprint density at radius 3 is 0.750 bits per heavy atom. The summed E-state index contributed by atoms with van der Waals surface area (Å²) in [7, 11) is 0. The number of carbonyl (C=O) groups is 5. The summed E-state index contributed by atoms with van der Waals surface area (Å²) in [6, 6.07) is 0. The zero-order chi connectivity index (χ0) is 17.8. The van der Waals surface area contributed by atoms with Crippen molar-refractivity contribution in [2.24, 2.45) is 0 Å². The molecule has 13 nitrogen and oxygen atoms in total. The van der Waals surface area contributed by atoms with E-state index in [2.05, 4.69) is 0 Å². The van der Waals surface area contributed by atoms with Crippen LogP contribution in [0.25, 0.3) is 0 Å². The molecule has 20 heteroatoms. The molecule has 0 bridgehead atoms. The van der Waals surface area contributed by atoms with Gasteiger partial charge in [-0.1, -0.05) is 0 Å². The second kappa shape index (κ2) is 38.2. The van der Waals surface area contributed by atoms with Crippen LogP contribution >= 0.6 is 0 Å². The molecule has 0 aromatic heterocycles. The molecule has 0 fully saturated rings. The van der Waals surface area contributed by atoms with Crippen LogP contribution in [0.5, 0.6) is 0 Å². The minimum atomic E-state index is -2.97. The van der Waals surface area contributed by atoms with Gasteiger partial charge in [-0.2, -0.15) is 0 Å². The Labute approximate surface area is 313 Å². The summed E-state index contributed by atoms with van der Waals surface area (Å²) < 4.78 is 0. The van der Waals surface area contributed by atoms with E-state index < -0.39 is 48.7 Å². The number of rotatable bonds is 5. The molecule has 0 aliphatic carbocycles. The van der Waals surface area contributed by atoms with Crippen LogP contribution in [0, 0.1) is 0 Å². The van der Waals surface area contributed by atoms with Crippen LogP contribution in [0.1, 0.15) is 12.8 Å². The van der Waals surface area contributed by atoms with Crippen molar-refractivity contribution in [2.75, 3.05) is 0 Å². The van der Waals surface area contributed by atoms with E-state index in [4.69, 9.17) is 35.1 Å². The van der Waals surface area contributed by atoms with Gasteiger partial charge in [-0.25, -0.2) is 0 Å². The van der Waals surface area contributed by atoms with Crippen LogP contribution in [0.15, 0.2) is 0 Å². The zero-order valence-electron chi connectivity index (χ0n) is 16.8. The second-order valence-electron chi connectivity index (χ2n) is 2.92. The van der Waals surface area contributed by atoms with Crippen LogP contribution < -0.4 is 243 Å². The number of carbonyl (C=O) groups excluding carboxylic acids is 5. The molecule has 122 valence electrons. The molecular formula is C8H5Na7O13. The van der Waals surface area contributed by atoms with Crippen LogP contribution in [0.2, 0.25) is 0 Å². The second-order valence-corrected chi connectivity index (χ2v) is 2.92. The van der Waals surface area contributed by atoms with Crippen LogP contribution in [0.4, 0.5) is 9.59 Å². The average molecular weight is 470 g/mol. The fourth-order valence-corrected chi connectivity index (χ4v) is 0.684. The molecule has 28 heavy (non-hydrogen) atoms. The quantitative estimate of drug-likeness (QED) is 0.366. The van der Waals surface area contributed by atoms with Crippen molar-refractivity contribution < 1.29 is 272 Å². The molecule has 0 spiro atoms. The first kappa shape index (κ1) is 63.5. The first-order chi connectivity index (χ1) is 9.24. The van der Waals surface area contributed by atoms with Crippen LogP contribution in [0.3, 0.4) is 0 Å². The predicted molar refractivity (Wildman–Crippen MR) is 40.0 cm³/mol. The van der Waals surface area contributed by atoms with E-state index in [0.717, 1.165) is 0 Å². The summed E-state index contributed by atoms with van der Waals surface area (Å²) in [6.45, 7) is 0. The Balaban J connectivity index is -0.0000000236. The third kappa shape index (κ3) is 63.1. The molecule has 0 saturated heterocycles. The van der Waals surface area contributed by atoms with Gasteiger partial charge in [0.05, 0.1) is 5.97 Å². The fourth-order valence-electron chi connectivity index (χ4n) is 0.684. The Bertz CT molecular complexity index is 384. The van der Waals surface area contributed by atoms with Gasteiger partial charge in [-0.05, 0) is 12.3 Å². The van der Waals surface area contributed by atoms with E-state index in [0.29, 0.717) is 0 Å². The molecule has 0 aromatic carbocycles. The Kier molecular flexibility index (Phi) is 86.6. The Morgan fingerprint density at radius 1 is 0.536 bits per heavy atom. The topological polar surface area (TPSA) is 267 Å². The van der Waals surface area contributed by atoms with E-state index in [-0.39, 0.29) is 207 Å². The number of hydrogen-bond acceptors (Lipinski definition) is 13. The molecule has 0 aliphatic rings. The summed E-state index contributed by atoms with van der Waals surface area (Å²) in [6.07, 6.45) is -7.38. The van der Waals surface area contributed by atoms with Crippen molar-refractivity contribution in [3.63, 3.8) is 0 Å². The smallest absolute Gasteiger partial charge is 0.652 e. The third-order valence-electron chi connectivity index (χ3n) is 1.25. The summed E-state index contributed by atoms with van der Waals surface area (Å²) in [5.74, 6) is -5.98. The molecule has 0 rings (SSSR count). The van der Waals surface area contributed by atoms with Gasteiger partial charge in [-0.15, -0.1) is 0 Å². The summed E-state index contributed by atoms with van der Waals surface area (Å²) in [5.41, 5.74) is -2.97. The molecule has 0 heterocycles. The molecule has 1 N–H and O–H groups in total. The molecule has 0 aromatic rings. The van der Waals surface area contributed by atoms with E-state index in [9.17, 15) is 29.7 Å². The predicted octanol–water partition coefficient (Wildman–Crippen LogP) is -31.1. The molecule has 0 aliphatic heterocycles. The van der Waals surface area contributed by atoms with Crippen molar-refractivity contribution >= 4 is 30.2 Å². The van der Waals surface area contributed by atoms with Crippen molar-refractivity contribution in [1.29, 1.82) is 0 Å². The van der Waals surface area contributed by atoms with Gasteiger partial charge in [0.25, 0.3) is 0 Å². The van der Waals surface area contributed by atoms with E-state index in [1.807, 2.05) is 0 Å². The van der Waals surface area contributed by atoms with Crippen LogP contribution in [-0.2, 0) is 14.4 Å². The van der Waals surface area contributed by atoms with Crippen molar-refractivity contribution in [1.82, 2.24) is 0 Å². The molecular weight excluding hydrogens is 465 g/mol. The first-order valence-electron chi connectivity index (χ1n) is 4.34. The number of carboxylic acid groups (broad SMARTS) is 7. The van der Waals surface area contributed by atoms with Crippen LogP contribution in [-0.4, -0.2) is 40.9 Å². The average Bonchev–Trinajstić information content (AvgIpc) is 2.11. The minimum Gasteiger partial charge on any atom is -0.652 e. The van der Waals surface area contributed by atoms with E-state index in [1.54, 1.807) is 0 Å². The fraction of sp³-hybridized carbons (Fsp3) is 0.375. The maximum absolute atomic E-state index is 10.1. The molecule has 0 unspecified atom stereocenters. The van der Waals surface area contributed by atoms with Crippen molar-refractivity contribution in [3.8, 4) is 0 Å². The monoisotopic (exact) mass is 470 g/mol. The maximum atomic E-state index is 10.1. The third-order valence-corrected chi connectivity index (χ3v) is 1.25. The first-order valence-corrected chi connectivity index (χ1v) is 4.34. The van der Waals surface area contributed by atoms with Crippen molar-refractivity contribution in [3.05, 3.63) is 0 Å². The van der Waals surface area contributed by atoms with E-state index >= 15 is 0 Å². The number of aliphatic hydroxyl groups is 1. The summed E-state index contributed by atoms with van der Waals surface area (Å²) in [5, 5.41) is 72.3. The zero-order valence-corrected chi connectivity index (χ0v) is 30.8. The van der Waals surface area contributed by atoms with E-state index in [1.165, 1.54) is 0 Å². The van der Waals surface area contributed by atoms with Gasteiger partial charge in [0.1, 0.15) is 5.60 Å². The van der Waals surface area contributed by atoms with Gasteiger partial charge < -0.3 is 64.8 Å². The SMILES string of the molecule is O=C([O-])CC(O)(CC(=O)[O-])C(=O)[O-].O=C([O-])[O-].O=C([O-])[O-].[Na+].[Na+].[Na+].[Na+].[Na+].[Na+].[Na+]. The number of hydrogen-bond donors (Lipinski definition) is 1. The largest absolute Gasteiger partial charge is 1.00 e. The van der Waals surface area contributed by atoms with Gasteiger partial charge >= 0.3 is 207 Å². The van der Waals surface area contributed by atoms with Gasteiger partial charge in [0.2, 0.25) is 0 Å². The molecule has 0 atom stereocenters. The van der Waals surface area contributed by atoms with Gasteiger partial charge in [-0.3, -0.25) is 0 Å². The molecule has 0 saturated carbocycles. The minimum absolute atomic E-state index is 0. The standard InChI is InChI=1S/C6H8O7.2CH2O3.7Na/c7-3(8)1-6(13,5(11)12)2-4(9)10;2*2-1(3)4;;;;;;;/h13H,1-2H2,(H,7,8)(H,9,10)(H,11,12);2*(H2,2,3,4);;;;;;;/q;;;7*+1/p-7. The number of carboxylic acids is 3. The van der Waals surface area contributed by atoms with Crippen molar-refractivity contribution in [2.45, 2.75) is 18.4 Å². The number of aliphatic carboxylic acids is 3. The summed E-state index contributed by atoms with van der Waals surface area (Å²) in [4.78, 5) is 46.7. The Morgan fingerprint density at radius 2 is 0.679 bits per heavy atom.